The molecule has 2 rings (SSSR count). The second kappa shape index (κ2) is 7.28. The van der Waals surface area contributed by atoms with Gasteiger partial charge in [0.1, 0.15) is 0 Å². The molecule has 0 radical (unpaired) electrons. The minimum absolute atomic E-state index is 0.166. The number of urea groups is 1. The molecule has 0 aliphatic heterocycles. The van der Waals surface area contributed by atoms with E-state index in [9.17, 15) is 4.79 Å². The fourth-order valence-electron chi connectivity index (χ4n) is 2.59. The third-order valence-electron chi connectivity index (χ3n) is 3.83. The van der Waals surface area contributed by atoms with Crippen molar-refractivity contribution in [2.24, 2.45) is 5.92 Å². The molecule has 112 valence electrons. The van der Waals surface area contributed by atoms with E-state index in [1.807, 2.05) is 6.20 Å². The third kappa shape index (κ3) is 4.23. The van der Waals surface area contributed by atoms with Crippen LogP contribution in [0.15, 0.2) is 12.3 Å². The molecule has 6 nitrogen and oxygen atoms in total. The first kappa shape index (κ1) is 14.8. The summed E-state index contributed by atoms with van der Waals surface area (Å²) in [4.78, 5) is 12.0. The summed E-state index contributed by atoms with van der Waals surface area (Å²) in [6.45, 7) is 3.48. The van der Waals surface area contributed by atoms with Crippen molar-refractivity contribution in [3.05, 3.63) is 12.3 Å². The summed E-state index contributed by atoms with van der Waals surface area (Å²) in [6, 6.07) is 1.90. The summed E-state index contributed by atoms with van der Waals surface area (Å²) >= 11 is 0. The van der Waals surface area contributed by atoms with Crippen molar-refractivity contribution < 1.29 is 9.53 Å². The zero-order valence-electron chi connectivity index (χ0n) is 12.3. The summed E-state index contributed by atoms with van der Waals surface area (Å²) in [5.74, 6) is 1.12. The Labute approximate surface area is 119 Å². The van der Waals surface area contributed by atoms with Crippen LogP contribution in [0.1, 0.15) is 32.6 Å². The number of methoxy groups -OCH3 is 1. The summed E-state index contributed by atoms with van der Waals surface area (Å²) in [6.07, 6.45) is 6.55. The van der Waals surface area contributed by atoms with Crippen LogP contribution in [0, 0.1) is 5.92 Å². The highest BCUT2D eigenvalue weighted by molar-refractivity contribution is 5.88. The van der Waals surface area contributed by atoms with Gasteiger partial charge < -0.3 is 10.1 Å². The van der Waals surface area contributed by atoms with Gasteiger partial charge in [-0.1, -0.05) is 19.8 Å². The lowest BCUT2D eigenvalue weighted by Gasteiger charge is -2.29. The molecular weight excluding hydrogens is 256 g/mol. The van der Waals surface area contributed by atoms with Gasteiger partial charge in [0.15, 0.2) is 5.82 Å². The number of hydrogen-bond donors (Lipinski definition) is 2. The van der Waals surface area contributed by atoms with Crippen molar-refractivity contribution >= 4 is 11.8 Å². The fraction of sp³-hybridized carbons (Fsp3) is 0.714. The second-order valence-corrected chi connectivity index (χ2v) is 5.42. The number of hydrogen-bond acceptors (Lipinski definition) is 3. The molecule has 0 aromatic carbocycles. The van der Waals surface area contributed by atoms with Crippen LogP contribution in [0.2, 0.25) is 0 Å². The third-order valence-corrected chi connectivity index (χ3v) is 3.83. The maximum Gasteiger partial charge on any atom is 0.320 e. The summed E-state index contributed by atoms with van der Waals surface area (Å²) in [7, 11) is 1.65. The number of aromatic nitrogens is 2. The van der Waals surface area contributed by atoms with Gasteiger partial charge in [0.2, 0.25) is 0 Å². The van der Waals surface area contributed by atoms with Gasteiger partial charge in [0.05, 0.1) is 13.2 Å². The average Bonchev–Trinajstić information content (AvgIpc) is 2.86. The molecule has 20 heavy (non-hydrogen) atoms. The minimum atomic E-state index is -0.166. The summed E-state index contributed by atoms with van der Waals surface area (Å²) < 4.78 is 6.74. The number of ether oxygens (including phenoxy) is 1. The Morgan fingerprint density at radius 1 is 1.50 bits per heavy atom. The first-order valence-electron chi connectivity index (χ1n) is 7.29. The van der Waals surface area contributed by atoms with Crippen LogP contribution in [0.25, 0.3) is 0 Å². The molecule has 1 fully saturated rings. The van der Waals surface area contributed by atoms with Crippen LogP contribution in [0.3, 0.4) is 0 Å². The van der Waals surface area contributed by atoms with Crippen LogP contribution in [0.4, 0.5) is 10.6 Å². The zero-order valence-corrected chi connectivity index (χ0v) is 12.3. The Balaban J connectivity index is 1.80. The van der Waals surface area contributed by atoms with Gasteiger partial charge in [-0.2, -0.15) is 5.10 Å². The molecule has 0 saturated heterocycles. The van der Waals surface area contributed by atoms with Crippen LogP contribution in [-0.2, 0) is 11.3 Å². The molecule has 6 heteroatoms. The molecule has 2 N–H and O–H groups in total. The normalized spacial score (nSPS) is 22.5. The van der Waals surface area contributed by atoms with Crippen molar-refractivity contribution in [3.63, 3.8) is 0 Å². The van der Waals surface area contributed by atoms with E-state index in [1.165, 1.54) is 19.3 Å². The highest BCUT2D eigenvalue weighted by Gasteiger charge is 2.22. The van der Waals surface area contributed by atoms with E-state index in [2.05, 4.69) is 22.7 Å². The largest absolute Gasteiger partial charge is 0.383 e. The first-order valence-corrected chi connectivity index (χ1v) is 7.29. The molecule has 1 aromatic heterocycles. The minimum Gasteiger partial charge on any atom is -0.383 e. The quantitative estimate of drug-likeness (QED) is 0.869. The number of carbonyl (C=O) groups is 1. The van der Waals surface area contributed by atoms with E-state index in [0.29, 0.717) is 24.9 Å². The smallest absolute Gasteiger partial charge is 0.320 e. The Morgan fingerprint density at radius 2 is 2.30 bits per heavy atom. The Kier molecular flexibility index (Phi) is 5.40. The lowest BCUT2D eigenvalue weighted by atomic mass is 9.86. The summed E-state index contributed by atoms with van der Waals surface area (Å²) in [5.41, 5.74) is 0. The lowest BCUT2D eigenvalue weighted by Crippen LogP contribution is -2.43. The van der Waals surface area contributed by atoms with Crippen molar-refractivity contribution in [1.82, 2.24) is 15.1 Å². The van der Waals surface area contributed by atoms with E-state index in [4.69, 9.17) is 4.74 Å². The van der Waals surface area contributed by atoms with Crippen molar-refractivity contribution in [1.29, 1.82) is 0 Å². The maximum atomic E-state index is 12.0. The van der Waals surface area contributed by atoms with E-state index >= 15 is 0 Å². The molecule has 1 aliphatic carbocycles. The number of nitrogens with one attached hydrogen (secondary N) is 2. The number of anilines is 1. The summed E-state index contributed by atoms with van der Waals surface area (Å²) in [5, 5.41) is 10.1. The van der Waals surface area contributed by atoms with Crippen LogP contribution < -0.4 is 10.6 Å². The number of nitrogens with zero attached hydrogens (tertiary/aromatic N) is 2. The van der Waals surface area contributed by atoms with Gasteiger partial charge in [-0.05, 0) is 18.8 Å². The molecule has 1 heterocycles. The predicted molar refractivity (Wildman–Crippen MR) is 77.7 cm³/mol. The molecule has 2 unspecified atom stereocenters. The van der Waals surface area contributed by atoms with Gasteiger partial charge in [-0.15, -0.1) is 0 Å². The molecule has 2 atom stereocenters. The van der Waals surface area contributed by atoms with Gasteiger partial charge in [-0.25, -0.2) is 4.79 Å². The maximum absolute atomic E-state index is 12.0. The number of rotatable bonds is 5. The Morgan fingerprint density at radius 3 is 3.05 bits per heavy atom. The highest BCUT2D eigenvalue weighted by atomic mass is 16.5. The average molecular weight is 280 g/mol. The Bertz CT molecular complexity index is 433. The first-order chi connectivity index (χ1) is 9.69. The molecular formula is C14H24N4O2. The molecule has 1 aliphatic rings. The number of carbonyl (C=O) groups excluding carboxylic acids is 1. The molecule has 1 aromatic rings. The van der Waals surface area contributed by atoms with Crippen molar-refractivity contribution in [3.8, 4) is 0 Å². The second-order valence-electron chi connectivity index (χ2n) is 5.42. The highest BCUT2D eigenvalue weighted by Crippen LogP contribution is 2.23. The van der Waals surface area contributed by atoms with Gasteiger partial charge in [0, 0.05) is 25.4 Å². The van der Waals surface area contributed by atoms with E-state index in [0.717, 1.165) is 6.42 Å². The van der Waals surface area contributed by atoms with Gasteiger partial charge >= 0.3 is 6.03 Å². The van der Waals surface area contributed by atoms with Gasteiger partial charge in [0.25, 0.3) is 0 Å². The number of amides is 2. The topological polar surface area (TPSA) is 68.2 Å². The van der Waals surface area contributed by atoms with Crippen molar-refractivity contribution in [2.45, 2.75) is 45.2 Å². The van der Waals surface area contributed by atoms with Crippen molar-refractivity contribution in [2.75, 3.05) is 19.0 Å². The van der Waals surface area contributed by atoms with Crippen LogP contribution in [0.5, 0.6) is 0 Å². The Hall–Kier alpha value is -1.56. The molecule has 1 saturated carbocycles. The monoisotopic (exact) mass is 280 g/mol. The fourth-order valence-corrected chi connectivity index (χ4v) is 2.59. The van der Waals surface area contributed by atoms with E-state index in [-0.39, 0.29) is 12.1 Å². The standard InChI is InChI=1S/C14H24N4O2/c1-11-5-3-4-6-12(11)15-14(19)16-13-7-8-18(17-13)9-10-20-2/h7-8,11-12H,3-6,9-10H2,1-2H3,(H2,15,16,17,19). The lowest BCUT2D eigenvalue weighted by molar-refractivity contribution is 0.183. The van der Waals surface area contributed by atoms with Gasteiger partial charge in [-0.3, -0.25) is 10.00 Å². The van der Waals surface area contributed by atoms with Crippen LogP contribution >= 0.6 is 0 Å². The van der Waals surface area contributed by atoms with E-state index < -0.39 is 0 Å². The predicted octanol–water partition coefficient (Wildman–Crippen LogP) is 2.23. The molecule has 0 spiro atoms. The van der Waals surface area contributed by atoms with E-state index in [1.54, 1.807) is 17.9 Å². The molecule has 2 amide bonds. The zero-order chi connectivity index (χ0) is 14.4. The SMILES string of the molecule is COCCn1ccc(NC(=O)NC2CCCCC2C)n1. The molecule has 0 bridgehead atoms. The van der Waals surface area contributed by atoms with Crippen LogP contribution in [-0.4, -0.2) is 35.6 Å².